The quantitative estimate of drug-likeness (QED) is 0.197. The van der Waals surface area contributed by atoms with Gasteiger partial charge in [0.2, 0.25) is 0 Å². The van der Waals surface area contributed by atoms with Crippen molar-refractivity contribution in [3.8, 4) is 0 Å². The maximum absolute atomic E-state index is 6.13. The normalized spacial score (nSPS) is 11.7. The van der Waals surface area contributed by atoms with Crippen molar-refractivity contribution in [3.05, 3.63) is 78.4 Å². The fraction of sp³-hybridized carbons (Fsp3) is 0.0526. The maximum Gasteiger partial charge on any atom is 0.372 e. The first-order chi connectivity index (χ1) is 13.3. The van der Waals surface area contributed by atoms with E-state index in [4.69, 9.17) is 67.0 Å². The third kappa shape index (κ3) is 5.41. The van der Waals surface area contributed by atoms with Gasteiger partial charge in [-0.3, -0.25) is 0 Å². The van der Waals surface area contributed by atoms with E-state index < -0.39 is 13.4 Å². The largest absolute Gasteiger partial charge is 0.372 e. The number of alkyl halides is 1. The molecule has 0 amide bonds. The van der Waals surface area contributed by atoms with Crippen LogP contribution in [0, 0.1) is 0 Å². The van der Waals surface area contributed by atoms with Crippen molar-refractivity contribution in [2.75, 3.05) is 4.90 Å². The Balaban J connectivity index is 2.05. The molecule has 0 N–H and O–H groups in total. The first-order valence-electron chi connectivity index (χ1n) is 8.30. The molecule has 3 aromatic carbocycles. The van der Waals surface area contributed by atoms with Crippen LogP contribution in [0.3, 0.4) is 0 Å². The Labute approximate surface area is 195 Å². The van der Waals surface area contributed by atoms with Gasteiger partial charge >= 0.3 is 6.00 Å². The maximum atomic E-state index is 6.13. The highest BCUT2D eigenvalue weighted by Gasteiger charge is 2.28. The van der Waals surface area contributed by atoms with Gasteiger partial charge in [-0.1, -0.05) is 36.4 Å². The van der Waals surface area contributed by atoms with Gasteiger partial charge in [0.25, 0.3) is 7.42 Å². The average Bonchev–Trinajstić information content (AvgIpc) is 2.69. The molecule has 0 aliphatic carbocycles. The van der Waals surface area contributed by atoms with E-state index in [1.54, 1.807) is 0 Å². The van der Waals surface area contributed by atoms with Gasteiger partial charge in [0.1, 0.15) is 0 Å². The van der Waals surface area contributed by atoms with E-state index in [-0.39, 0.29) is 0 Å². The van der Waals surface area contributed by atoms with Crippen molar-refractivity contribution in [2.45, 2.75) is 5.88 Å². The van der Waals surface area contributed by atoms with Crippen LogP contribution in [0.1, 0.15) is 5.56 Å². The van der Waals surface area contributed by atoms with Gasteiger partial charge in [-0.05, 0) is 52.3 Å². The summed E-state index contributed by atoms with van der Waals surface area (Å²) >= 11 is 36.5. The van der Waals surface area contributed by atoms with E-state index in [1.807, 2.05) is 72.8 Å². The molecule has 1 nitrogen and oxygen atoms in total. The van der Waals surface area contributed by atoms with Crippen LogP contribution in [-0.4, -0.2) is 13.4 Å². The third-order valence-corrected chi connectivity index (χ3v) is 9.87. The first kappa shape index (κ1) is 22.3. The van der Waals surface area contributed by atoms with Crippen LogP contribution < -0.4 is 15.3 Å². The molecule has 28 heavy (non-hydrogen) atoms. The molecule has 3 aromatic rings. The second-order valence-corrected chi connectivity index (χ2v) is 19.3. The number of benzene rings is 3. The zero-order chi connectivity index (χ0) is 20.3. The van der Waals surface area contributed by atoms with Crippen LogP contribution in [0.25, 0.3) is 0 Å². The average molecular weight is 526 g/mol. The van der Waals surface area contributed by atoms with Gasteiger partial charge in [-0.15, -0.1) is 67.0 Å². The fourth-order valence-electron chi connectivity index (χ4n) is 2.75. The highest BCUT2D eigenvalue weighted by Crippen LogP contribution is 2.34. The fourth-order valence-corrected chi connectivity index (χ4v) is 5.96. The molecule has 0 aromatic heterocycles. The molecule has 3 rings (SSSR count). The molecular formula is C19H15Cl6NSi2. The highest BCUT2D eigenvalue weighted by atomic mass is 35.8. The SMILES string of the molecule is ClCc1ccc(N(c2ccc([SiH](Cl)Cl)cc2)c2ccc([Si](Cl)(Cl)Cl)cc2)cc1. The summed E-state index contributed by atoms with van der Waals surface area (Å²) in [6.45, 7) is 0. The summed E-state index contributed by atoms with van der Waals surface area (Å²) in [5.41, 5.74) is 3.97. The Hall–Kier alpha value is -0.366. The van der Waals surface area contributed by atoms with E-state index in [0.717, 1.165) is 33.0 Å². The summed E-state index contributed by atoms with van der Waals surface area (Å²) in [5, 5.41) is 1.72. The lowest BCUT2D eigenvalue weighted by atomic mass is 10.1. The van der Waals surface area contributed by atoms with Crippen molar-refractivity contribution in [2.24, 2.45) is 0 Å². The molecule has 146 valence electrons. The van der Waals surface area contributed by atoms with E-state index in [0.29, 0.717) is 5.88 Å². The standard InChI is InChI=1S/C19H15Cl6NSi2/c20-13-14-1-3-15(4-2-14)26(16-5-9-18(10-6-16)27(21)22)17-7-11-19(12-8-17)28(23,24)25/h1-12,27H,13H2. The number of nitrogens with zero attached hydrogens (tertiary/aromatic N) is 1. The van der Waals surface area contributed by atoms with Crippen LogP contribution in [0.2, 0.25) is 0 Å². The molecule has 0 radical (unpaired) electrons. The molecule has 0 fully saturated rings. The topological polar surface area (TPSA) is 3.24 Å². The van der Waals surface area contributed by atoms with Crippen LogP contribution >= 0.6 is 67.0 Å². The van der Waals surface area contributed by atoms with E-state index in [1.165, 1.54) is 0 Å². The van der Waals surface area contributed by atoms with Crippen molar-refractivity contribution in [1.29, 1.82) is 0 Å². The number of halogens is 6. The first-order valence-corrected chi connectivity index (χ1v) is 17.9. The minimum absolute atomic E-state index is 0.467. The molecule has 9 heteroatoms. The summed E-state index contributed by atoms with van der Waals surface area (Å²) in [4.78, 5) is 2.12. The lowest BCUT2D eigenvalue weighted by molar-refractivity contribution is 1.27. The van der Waals surface area contributed by atoms with Gasteiger partial charge in [-0.25, -0.2) is 0 Å². The minimum atomic E-state index is -2.92. The second kappa shape index (κ2) is 9.63. The third-order valence-electron chi connectivity index (χ3n) is 4.20. The number of anilines is 3. The predicted octanol–water partition coefficient (Wildman–Crippen LogP) is 6.66. The van der Waals surface area contributed by atoms with Gasteiger partial charge in [0.05, 0.1) is 0 Å². The number of hydrogen-bond acceptors (Lipinski definition) is 1. The van der Waals surface area contributed by atoms with Crippen molar-refractivity contribution < 1.29 is 0 Å². The smallest absolute Gasteiger partial charge is 0.311 e. The molecule has 0 bridgehead atoms. The van der Waals surface area contributed by atoms with Crippen LogP contribution in [0.15, 0.2) is 72.8 Å². The number of rotatable bonds is 6. The van der Waals surface area contributed by atoms with Crippen molar-refractivity contribution in [3.63, 3.8) is 0 Å². The molecule has 0 aliphatic heterocycles. The predicted molar refractivity (Wildman–Crippen MR) is 132 cm³/mol. The Morgan fingerprint density at radius 1 is 0.679 bits per heavy atom. The van der Waals surface area contributed by atoms with Crippen LogP contribution in [0.5, 0.6) is 0 Å². The summed E-state index contributed by atoms with van der Waals surface area (Å²) in [7, 11) is -1.89. The molecule has 0 saturated heterocycles. The summed E-state index contributed by atoms with van der Waals surface area (Å²) in [5.74, 6) is 0.467. The molecule has 0 atom stereocenters. The minimum Gasteiger partial charge on any atom is -0.311 e. The van der Waals surface area contributed by atoms with E-state index >= 15 is 0 Å². The molecule has 0 spiro atoms. The molecule has 0 aliphatic rings. The molecule has 0 unspecified atom stereocenters. The molecule has 0 saturated carbocycles. The number of hydrogen-bond donors (Lipinski definition) is 0. The lowest BCUT2D eigenvalue weighted by Crippen LogP contribution is -2.29. The van der Waals surface area contributed by atoms with Crippen LogP contribution in [0.4, 0.5) is 17.1 Å². The van der Waals surface area contributed by atoms with Crippen molar-refractivity contribution in [1.82, 2.24) is 0 Å². The Bertz CT molecular complexity index is 909. The van der Waals surface area contributed by atoms with E-state index in [9.17, 15) is 0 Å². The zero-order valence-electron chi connectivity index (χ0n) is 14.4. The monoisotopic (exact) mass is 523 g/mol. The Morgan fingerprint density at radius 3 is 1.50 bits per heavy atom. The molecule has 0 heterocycles. The summed E-state index contributed by atoms with van der Waals surface area (Å²) in [6.07, 6.45) is 0. The van der Waals surface area contributed by atoms with Crippen molar-refractivity contribution >= 4 is 108 Å². The zero-order valence-corrected chi connectivity index (χ0v) is 21.1. The van der Waals surface area contributed by atoms with Gasteiger partial charge in [0, 0.05) is 22.9 Å². The second-order valence-electron chi connectivity index (χ2n) is 6.07. The summed E-state index contributed by atoms with van der Waals surface area (Å²) in [6, 6.07) is 20.7. The highest BCUT2D eigenvalue weighted by molar-refractivity contribution is 7.69. The summed E-state index contributed by atoms with van der Waals surface area (Å²) < 4.78 is 0. The van der Waals surface area contributed by atoms with E-state index in [2.05, 4.69) is 4.90 Å². The van der Waals surface area contributed by atoms with Crippen LogP contribution in [-0.2, 0) is 5.88 Å². The Morgan fingerprint density at radius 2 is 1.11 bits per heavy atom. The van der Waals surface area contributed by atoms with Gasteiger partial charge < -0.3 is 4.90 Å². The van der Waals surface area contributed by atoms with Gasteiger partial charge in [-0.2, -0.15) is 0 Å². The lowest BCUT2D eigenvalue weighted by Gasteiger charge is -2.26. The Kier molecular flexibility index (Phi) is 7.68. The molecular weight excluding hydrogens is 511 g/mol. The van der Waals surface area contributed by atoms with Gasteiger partial charge in [0.15, 0.2) is 0 Å².